The lowest BCUT2D eigenvalue weighted by Gasteiger charge is -2.05. The van der Waals surface area contributed by atoms with Gasteiger partial charge >= 0.3 is 0 Å². The minimum Gasteiger partial charge on any atom is -0.399 e. The maximum Gasteiger partial charge on any atom is 0.143 e. The molecule has 0 unspecified atom stereocenters. The molecule has 96 valence electrons. The van der Waals surface area contributed by atoms with Crippen LogP contribution in [0.25, 0.3) is 22.4 Å². The number of nitrogens with zero attached hydrogens (tertiary/aromatic N) is 2. The highest BCUT2D eigenvalue weighted by molar-refractivity contribution is 6.31. The van der Waals surface area contributed by atoms with E-state index in [1.165, 1.54) is 12.1 Å². The number of hydrogen-bond donors (Lipinski definition) is 1. The molecule has 0 aliphatic rings. The molecule has 0 bridgehead atoms. The summed E-state index contributed by atoms with van der Waals surface area (Å²) in [6.07, 6.45) is 0. The predicted octanol–water partition coefficient (Wildman–Crippen LogP) is 3.62. The lowest BCUT2D eigenvalue weighted by Crippen LogP contribution is -1.96. The Morgan fingerprint density at radius 3 is 2.79 bits per heavy atom. The second kappa shape index (κ2) is 4.24. The zero-order chi connectivity index (χ0) is 13.6. The first-order chi connectivity index (χ1) is 9.06. The monoisotopic (exact) mass is 275 g/mol. The fourth-order valence-electron chi connectivity index (χ4n) is 2.13. The standard InChI is InChI=1S/C14H11ClFN3/c1-19-13-5-2-8(15)6-12(13)18-14(19)10-7-9(17)3-4-11(10)16/h2-7H,17H2,1H3. The van der Waals surface area contributed by atoms with E-state index in [9.17, 15) is 4.39 Å². The van der Waals surface area contributed by atoms with Gasteiger partial charge in [-0.05, 0) is 36.4 Å². The summed E-state index contributed by atoms with van der Waals surface area (Å²) in [4.78, 5) is 4.43. The fourth-order valence-corrected chi connectivity index (χ4v) is 2.29. The summed E-state index contributed by atoms with van der Waals surface area (Å²) in [5.41, 5.74) is 8.21. The van der Waals surface area contributed by atoms with E-state index in [1.54, 1.807) is 18.2 Å². The van der Waals surface area contributed by atoms with E-state index in [1.807, 2.05) is 17.7 Å². The Kier molecular flexibility index (Phi) is 2.68. The third-order valence-corrected chi connectivity index (χ3v) is 3.31. The number of anilines is 1. The van der Waals surface area contributed by atoms with Gasteiger partial charge < -0.3 is 10.3 Å². The van der Waals surface area contributed by atoms with Crippen molar-refractivity contribution >= 4 is 28.3 Å². The second-order valence-corrected chi connectivity index (χ2v) is 4.80. The molecule has 19 heavy (non-hydrogen) atoms. The van der Waals surface area contributed by atoms with Gasteiger partial charge in [-0.3, -0.25) is 0 Å². The predicted molar refractivity (Wildman–Crippen MR) is 75.5 cm³/mol. The number of nitrogen functional groups attached to an aromatic ring is 1. The van der Waals surface area contributed by atoms with Gasteiger partial charge in [0.15, 0.2) is 0 Å². The van der Waals surface area contributed by atoms with Crippen LogP contribution in [0, 0.1) is 5.82 Å². The molecule has 0 radical (unpaired) electrons. The molecule has 0 fully saturated rings. The van der Waals surface area contributed by atoms with Crippen LogP contribution in [0.2, 0.25) is 5.02 Å². The van der Waals surface area contributed by atoms with Crippen molar-refractivity contribution < 1.29 is 4.39 Å². The minimum atomic E-state index is -0.348. The Labute approximate surface area is 114 Å². The summed E-state index contributed by atoms with van der Waals surface area (Å²) in [7, 11) is 1.83. The third-order valence-electron chi connectivity index (χ3n) is 3.07. The Bertz CT molecular complexity index is 780. The molecular formula is C14H11ClFN3. The molecule has 2 aromatic carbocycles. The van der Waals surface area contributed by atoms with Gasteiger partial charge in [0.05, 0.1) is 16.6 Å². The Morgan fingerprint density at radius 1 is 1.21 bits per heavy atom. The van der Waals surface area contributed by atoms with Crippen LogP contribution in [-0.2, 0) is 7.05 Å². The van der Waals surface area contributed by atoms with Gasteiger partial charge in [0, 0.05) is 17.8 Å². The minimum absolute atomic E-state index is 0.348. The van der Waals surface area contributed by atoms with Crippen molar-refractivity contribution in [2.24, 2.45) is 7.05 Å². The fraction of sp³-hybridized carbons (Fsp3) is 0.0714. The number of imidazole rings is 1. The van der Waals surface area contributed by atoms with Crippen LogP contribution in [0.3, 0.4) is 0 Å². The van der Waals surface area contributed by atoms with E-state index in [2.05, 4.69) is 4.98 Å². The van der Waals surface area contributed by atoms with Crippen LogP contribution >= 0.6 is 11.6 Å². The molecule has 0 amide bonds. The average Bonchev–Trinajstić information content (AvgIpc) is 2.69. The molecule has 0 saturated heterocycles. The highest BCUT2D eigenvalue weighted by Crippen LogP contribution is 2.28. The van der Waals surface area contributed by atoms with Crippen LogP contribution in [0.15, 0.2) is 36.4 Å². The van der Waals surface area contributed by atoms with E-state index in [-0.39, 0.29) is 5.82 Å². The zero-order valence-electron chi connectivity index (χ0n) is 10.2. The first-order valence-corrected chi connectivity index (χ1v) is 6.11. The van der Waals surface area contributed by atoms with E-state index in [0.717, 1.165) is 11.0 Å². The number of halogens is 2. The lowest BCUT2D eigenvalue weighted by atomic mass is 10.2. The van der Waals surface area contributed by atoms with Gasteiger partial charge in [0.25, 0.3) is 0 Å². The quantitative estimate of drug-likeness (QED) is 0.690. The zero-order valence-corrected chi connectivity index (χ0v) is 10.9. The van der Waals surface area contributed by atoms with Crippen LogP contribution in [0.4, 0.5) is 10.1 Å². The Hall–Kier alpha value is -2.07. The molecule has 2 N–H and O–H groups in total. The molecule has 0 spiro atoms. The van der Waals surface area contributed by atoms with Gasteiger partial charge in [-0.1, -0.05) is 11.6 Å². The van der Waals surface area contributed by atoms with Crippen molar-refractivity contribution in [3.63, 3.8) is 0 Å². The molecule has 3 rings (SSSR count). The topological polar surface area (TPSA) is 43.8 Å². The number of nitrogens with two attached hydrogens (primary N) is 1. The Balaban J connectivity index is 2.30. The number of aromatic nitrogens is 2. The van der Waals surface area contributed by atoms with Gasteiger partial charge in [0.2, 0.25) is 0 Å². The van der Waals surface area contributed by atoms with Crippen molar-refractivity contribution in [1.29, 1.82) is 0 Å². The maximum atomic E-state index is 13.9. The summed E-state index contributed by atoms with van der Waals surface area (Å²) in [6.45, 7) is 0. The molecule has 1 heterocycles. The molecule has 0 saturated carbocycles. The SMILES string of the molecule is Cn1c(-c2cc(N)ccc2F)nc2cc(Cl)ccc21. The normalized spacial score (nSPS) is 11.1. The maximum absolute atomic E-state index is 13.9. The summed E-state index contributed by atoms with van der Waals surface area (Å²) < 4.78 is 15.7. The summed E-state index contributed by atoms with van der Waals surface area (Å²) >= 11 is 5.94. The largest absolute Gasteiger partial charge is 0.399 e. The molecule has 0 aliphatic carbocycles. The van der Waals surface area contributed by atoms with Crippen molar-refractivity contribution in [2.45, 2.75) is 0 Å². The number of rotatable bonds is 1. The van der Waals surface area contributed by atoms with Crippen molar-refractivity contribution in [1.82, 2.24) is 9.55 Å². The first-order valence-electron chi connectivity index (χ1n) is 5.73. The second-order valence-electron chi connectivity index (χ2n) is 4.37. The van der Waals surface area contributed by atoms with Gasteiger partial charge in [-0.2, -0.15) is 0 Å². The number of fused-ring (bicyclic) bond motifs is 1. The van der Waals surface area contributed by atoms with E-state index in [4.69, 9.17) is 17.3 Å². The Morgan fingerprint density at radius 2 is 2.00 bits per heavy atom. The third kappa shape index (κ3) is 1.94. The molecular weight excluding hydrogens is 265 g/mol. The summed E-state index contributed by atoms with van der Waals surface area (Å²) in [5, 5.41) is 0.602. The molecule has 0 aliphatic heterocycles. The van der Waals surface area contributed by atoms with Crippen molar-refractivity contribution in [3.8, 4) is 11.4 Å². The van der Waals surface area contributed by atoms with E-state index < -0.39 is 0 Å². The summed E-state index contributed by atoms with van der Waals surface area (Å²) in [6, 6.07) is 9.85. The van der Waals surface area contributed by atoms with Crippen LogP contribution in [-0.4, -0.2) is 9.55 Å². The number of benzene rings is 2. The highest BCUT2D eigenvalue weighted by Gasteiger charge is 2.14. The number of hydrogen-bond acceptors (Lipinski definition) is 2. The highest BCUT2D eigenvalue weighted by atomic mass is 35.5. The molecule has 3 aromatic rings. The smallest absolute Gasteiger partial charge is 0.143 e. The van der Waals surface area contributed by atoms with Gasteiger partial charge in [0.1, 0.15) is 11.6 Å². The van der Waals surface area contributed by atoms with Crippen LogP contribution in [0.1, 0.15) is 0 Å². The van der Waals surface area contributed by atoms with E-state index in [0.29, 0.717) is 22.1 Å². The van der Waals surface area contributed by atoms with E-state index >= 15 is 0 Å². The van der Waals surface area contributed by atoms with Gasteiger partial charge in [-0.25, -0.2) is 9.37 Å². The summed E-state index contributed by atoms with van der Waals surface area (Å²) in [5.74, 6) is 0.181. The van der Waals surface area contributed by atoms with Crippen LogP contribution in [0.5, 0.6) is 0 Å². The lowest BCUT2D eigenvalue weighted by molar-refractivity contribution is 0.629. The van der Waals surface area contributed by atoms with Crippen LogP contribution < -0.4 is 5.73 Å². The average molecular weight is 276 g/mol. The van der Waals surface area contributed by atoms with Gasteiger partial charge in [-0.15, -0.1) is 0 Å². The molecule has 5 heteroatoms. The van der Waals surface area contributed by atoms with Crippen molar-refractivity contribution in [3.05, 3.63) is 47.2 Å². The first kappa shape index (κ1) is 12.0. The van der Waals surface area contributed by atoms with Crippen molar-refractivity contribution in [2.75, 3.05) is 5.73 Å². The number of aryl methyl sites for hydroxylation is 1. The molecule has 0 atom stereocenters. The molecule has 3 nitrogen and oxygen atoms in total. The molecule has 1 aromatic heterocycles.